The molecule has 0 bridgehead atoms. The average molecular weight is 422 g/mol. The number of nitrogens with one attached hydrogen (secondary N) is 2. The van der Waals surface area contributed by atoms with Crippen molar-refractivity contribution in [2.24, 2.45) is 5.92 Å². The molecule has 4 N–H and O–H groups in total. The van der Waals surface area contributed by atoms with E-state index in [1.165, 1.54) is 0 Å². The Kier molecular flexibility index (Phi) is 7.47. The van der Waals surface area contributed by atoms with E-state index in [4.69, 9.17) is 0 Å². The first-order valence-corrected chi connectivity index (χ1v) is 10.8. The topological polar surface area (TPSA) is 98.2 Å². The van der Waals surface area contributed by atoms with Gasteiger partial charge >= 0.3 is 5.69 Å². The first kappa shape index (κ1) is 22.6. The number of aryl methyl sites for hydroxylation is 2. The maximum atomic E-state index is 12.2. The van der Waals surface area contributed by atoms with Gasteiger partial charge in [0.05, 0.1) is 11.4 Å². The Morgan fingerprint density at radius 1 is 1.06 bits per heavy atom. The van der Waals surface area contributed by atoms with Crippen LogP contribution >= 0.6 is 0 Å². The molecule has 2 aromatic carbocycles. The SMILES string of the molecule is CCCC(CCO)CNc1ccc(-c2cc(-c3ccc(O)c(C)c3)nc(=O)[nH]2)c(C)c1. The van der Waals surface area contributed by atoms with E-state index in [1.54, 1.807) is 12.1 Å². The number of benzene rings is 2. The number of phenols is 1. The fourth-order valence-corrected chi connectivity index (χ4v) is 3.84. The summed E-state index contributed by atoms with van der Waals surface area (Å²) in [5.41, 5.74) is 5.36. The van der Waals surface area contributed by atoms with E-state index in [2.05, 4.69) is 28.3 Å². The van der Waals surface area contributed by atoms with Crippen LogP contribution in [0, 0.1) is 19.8 Å². The summed E-state index contributed by atoms with van der Waals surface area (Å²) in [5, 5.41) is 22.5. The lowest BCUT2D eigenvalue weighted by atomic mass is 9.99. The minimum Gasteiger partial charge on any atom is -0.508 e. The Hall–Kier alpha value is -3.12. The van der Waals surface area contributed by atoms with Crippen LogP contribution in [0.3, 0.4) is 0 Å². The van der Waals surface area contributed by atoms with Gasteiger partial charge in [0.15, 0.2) is 0 Å². The predicted molar refractivity (Wildman–Crippen MR) is 125 cm³/mol. The van der Waals surface area contributed by atoms with Crippen LogP contribution in [0.2, 0.25) is 0 Å². The molecule has 0 radical (unpaired) electrons. The average Bonchev–Trinajstić information content (AvgIpc) is 2.74. The first-order chi connectivity index (χ1) is 14.9. The highest BCUT2D eigenvalue weighted by atomic mass is 16.3. The highest BCUT2D eigenvalue weighted by molar-refractivity contribution is 5.72. The molecule has 1 unspecified atom stereocenters. The van der Waals surface area contributed by atoms with Crippen molar-refractivity contribution < 1.29 is 10.2 Å². The van der Waals surface area contributed by atoms with E-state index >= 15 is 0 Å². The van der Waals surface area contributed by atoms with E-state index in [1.807, 2.05) is 38.1 Å². The van der Waals surface area contributed by atoms with Crippen molar-refractivity contribution in [1.29, 1.82) is 0 Å². The Bertz CT molecular complexity index is 1090. The molecule has 0 aliphatic carbocycles. The molecular weight excluding hydrogens is 390 g/mol. The molecule has 0 spiro atoms. The van der Waals surface area contributed by atoms with Crippen molar-refractivity contribution in [2.45, 2.75) is 40.0 Å². The Labute approximate surface area is 183 Å². The van der Waals surface area contributed by atoms with Gasteiger partial charge in [-0.2, -0.15) is 4.98 Å². The van der Waals surface area contributed by atoms with Crippen LogP contribution in [-0.4, -0.2) is 33.3 Å². The van der Waals surface area contributed by atoms with Gasteiger partial charge in [0, 0.05) is 30.0 Å². The minimum absolute atomic E-state index is 0.211. The van der Waals surface area contributed by atoms with Gasteiger partial charge in [-0.15, -0.1) is 0 Å². The Morgan fingerprint density at radius 3 is 2.55 bits per heavy atom. The smallest absolute Gasteiger partial charge is 0.345 e. The molecule has 0 aliphatic rings. The number of H-pyrrole nitrogens is 1. The molecule has 6 nitrogen and oxygen atoms in total. The number of aromatic hydroxyl groups is 1. The molecule has 31 heavy (non-hydrogen) atoms. The quantitative estimate of drug-likeness (QED) is 0.404. The molecule has 0 saturated heterocycles. The number of aliphatic hydroxyl groups excluding tert-OH is 1. The van der Waals surface area contributed by atoms with Crippen molar-refractivity contribution in [2.75, 3.05) is 18.5 Å². The van der Waals surface area contributed by atoms with E-state index in [-0.39, 0.29) is 12.4 Å². The third-order valence-corrected chi connectivity index (χ3v) is 5.58. The molecule has 1 aromatic heterocycles. The monoisotopic (exact) mass is 421 g/mol. The number of rotatable bonds is 9. The summed E-state index contributed by atoms with van der Waals surface area (Å²) in [6, 6.07) is 13.1. The number of nitrogens with zero attached hydrogens (tertiary/aromatic N) is 1. The van der Waals surface area contributed by atoms with Crippen LogP contribution in [0.5, 0.6) is 5.75 Å². The summed E-state index contributed by atoms with van der Waals surface area (Å²) in [4.78, 5) is 19.2. The lowest BCUT2D eigenvalue weighted by Gasteiger charge is -2.17. The third-order valence-electron chi connectivity index (χ3n) is 5.58. The summed E-state index contributed by atoms with van der Waals surface area (Å²) in [5.74, 6) is 0.663. The van der Waals surface area contributed by atoms with E-state index in [9.17, 15) is 15.0 Å². The molecule has 6 heteroatoms. The van der Waals surface area contributed by atoms with Gasteiger partial charge in [0.2, 0.25) is 0 Å². The number of aliphatic hydroxyl groups is 1. The molecule has 0 amide bonds. The summed E-state index contributed by atoms with van der Waals surface area (Å²) in [6.45, 7) is 7.02. The van der Waals surface area contributed by atoms with Gasteiger partial charge in [-0.05, 0) is 80.1 Å². The number of hydrogen-bond acceptors (Lipinski definition) is 5. The number of aromatic nitrogens is 2. The van der Waals surface area contributed by atoms with Crippen LogP contribution in [-0.2, 0) is 0 Å². The summed E-state index contributed by atoms with van der Waals surface area (Å²) >= 11 is 0. The standard InChI is InChI=1S/C25H31N3O3/c1-4-5-18(10-11-29)15-26-20-7-8-21(16(2)13-20)23-14-22(27-25(31)28-23)19-6-9-24(30)17(3)12-19/h6-9,12-14,18,26,29-30H,4-5,10-11,15H2,1-3H3,(H,27,28,31). The molecular formula is C25H31N3O3. The number of phenolic OH excluding ortho intramolecular Hbond substituents is 1. The zero-order valence-corrected chi connectivity index (χ0v) is 18.4. The molecule has 0 aliphatic heterocycles. The molecule has 0 saturated carbocycles. The molecule has 1 heterocycles. The fraction of sp³-hybridized carbons (Fsp3) is 0.360. The minimum atomic E-state index is -0.411. The molecule has 3 aromatic rings. The zero-order valence-electron chi connectivity index (χ0n) is 18.4. The Balaban J connectivity index is 1.85. The molecule has 3 rings (SSSR count). The van der Waals surface area contributed by atoms with Crippen molar-refractivity contribution in [3.05, 3.63) is 64.1 Å². The largest absolute Gasteiger partial charge is 0.508 e. The van der Waals surface area contributed by atoms with Gasteiger partial charge in [0.1, 0.15) is 5.75 Å². The molecule has 1 atom stereocenters. The second-order valence-electron chi connectivity index (χ2n) is 8.06. The maximum Gasteiger partial charge on any atom is 0.345 e. The summed E-state index contributed by atoms with van der Waals surface area (Å²) in [7, 11) is 0. The third kappa shape index (κ3) is 5.73. The van der Waals surface area contributed by atoms with E-state index < -0.39 is 5.69 Å². The first-order valence-electron chi connectivity index (χ1n) is 10.8. The second-order valence-corrected chi connectivity index (χ2v) is 8.06. The second kappa shape index (κ2) is 10.3. The van der Waals surface area contributed by atoms with Gasteiger partial charge in [0.25, 0.3) is 0 Å². The van der Waals surface area contributed by atoms with Crippen molar-refractivity contribution in [3.63, 3.8) is 0 Å². The van der Waals surface area contributed by atoms with Crippen molar-refractivity contribution >= 4 is 5.69 Å². The highest BCUT2D eigenvalue weighted by Gasteiger charge is 2.11. The van der Waals surface area contributed by atoms with Crippen LogP contribution in [0.25, 0.3) is 22.5 Å². The highest BCUT2D eigenvalue weighted by Crippen LogP contribution is 2.28. The zero-order chi connectivity index (χ0) is 22.4. The molecule has 0 fully saturated rings. The lowest BCUT2D eigenvalue weighted by molar-refractivity contribution is 0.255. The van der Waals surface area contributed by atoms with Gasteiger partial charge in [-0.3, -0.25) is 0 Å². The predicted octanol–water partition coefficient (Wildman–Crippen LogP) is 4.64. The number of aromatic amines is 1. The van der Waals surface area contributed by atoms with E-state index in [0.29, 0.717) is 17.3 Å². The Morgan fingerprint density at radius 2 is 1.87 bits per heavy atom. The maximum absolute atomic E-state index is 12.2. The van der Waals surface area contributed by atoms with Crippen LogP contribution in [0.15, 0.2) is 47.3 Å². The van der Waals surface area contributed by atoms with Gasteiger partial charge in [-0.25, -0.2) is 4.79 Å². The summed E-state index contributed by atoms with van der Waals surface area (Å²) in [6.07, 6.45) is 2.99. The van der Waals surface area contributed by atoms with Gasteiger partial charge in [-0.1, -0.05) is 19.4 Å². The van der Waals surface area contributed by atoms with Crippen molar-refractivity contribution in [3.8, 4) is 28.3 Å². The van der Waals surface area contributed by atoms with Crippen LogP contribution in [0.4, 0.5) is 5.69 Å². The fourth-order valence-electron chi connectivity index (χ4n) is 3.84. The van der Waals surface area contributed by atoms with Gasteiger partial charge < -0.3 is 20.5 Å². The normalized spacial score (nSPS) is 12.0. The van der Waals surface area contributed by atoms with E-state index in [0.717, 1.165) is 53.7 Å². The van der Waals surface area contributed by atoms with Crippen molar-refractivity contribution in [1.82, 2.24) is 9.97 Å². The summed E-state index contributed by atoms with van der Waals surface area (Å²) < 4.78 is 0. The van der Waals surface area contributed by atoms with Crippen LogP contribution in [0.1, 0.15) is 37.3 Å². The number of hydrogen-bond donors (Lipinski definition) is 4. The molecule has 164 valence electrons. The van der Waals surface area contributed by atoms with Crippen LogP contribution < -0.4 is 11.0 Å². The number of anilines is 1. The lowest BCUT2D eigenvalue weighted by Crippen LogP contribution is -2.16.